The molecule has 0 aliphatic carbocycles. The van der Waals surface area contributed by atoms with Gasteiger partial charge in [-0.1, -0.05) is 13.8 Å². The van der Waals surface area contributed by atoms with Crippen LogP contribution < -0.4 is 10.1 Å². The van der Waals surface area contributed by atoms with Crippen molar-refractivity contribution >= 4 is 17.6 Å². The van der Waals surface area contributed by atoms with E-state index in [9.17, 15) is 9.59 Å². The molecule has 6 nitrogen and oxygen atoms in total. The van der Waals surface area contributed by atoms with Crippen molar-refractivity contribution in [3.63, 3.8) is 0 Å². The minimum absolute atomic E-state index is 0.0366. The van der Waals surface area contributed by atoms with Crippen LogP contribution in [0.4, 0.5) is 5.69 Å². The number of hydrogen-bond donors (Lipinski definition) is 1. The van der Waals surface area contributed by atoms with Crippen LogP contribution in [0.3, 0.4) is 0 Å². The fourth-order valence-electron chi connectivity index (χ4n) is 2.04. The van der Waals surface area contributed by atoms with Crippen molar-refractivity contribution in [2.45, 2.75) is 59.2 Å². The van der Waals surface area contributed by atoms with Crippen LogP contribution in [-0.2, 0) is 14.3 Å². The summed E-state index contributed by atoms with van der Waals surface area (Å²) in [5, 5.41) is 2.79. The van der Waals surface area contributed by atoms with E-state index < -0.39 is 11.6 Å². The van der Waals surface area contributed by atoms with Gasteiger partial charge < -0.3 is 19.5 Å². The van der Waals surface area contributed by atoms with Crippen LogP contribution in [0.1, 0.15) is 57.8 Å². The summed E-state index contributed by atoms with van der Waals surface area (Å²) in [5.41, 5.74) is -0.160. The van der Waals surface area contributed by atoms with Gasteiger partial charge in [-0.25, -0.2) is 4.79 Å². The SMILES string of the molecule is CCOC(=O)c1cc(NC(=O)[C@@](C)(CC)OC)ccc1O[C@@H](C)CC. The summed E-state index contributed by atoms with van der Waals surface area (Å²) in [4.78, 5) is 24.7. The van der Waals surface area contributed by atoms with E-state index in [1.54, 1.807) is 32.0 Å². The van der Waals surface area contributed by atoms with E-state index in [-0.39, 0.29) is 24.2 Å². The Morgan fingerprint density at radius 2 is 1.92 bits per heavy atom. The summed E-state index contributed by atoms with van der Waals surface area (Å²) in [6, 6.07) is 4.94. The summed E-state index contributed by atoms with van der Waals surface area (Å²) in [7, 11) is 1.50. The Kier molecular flexibility index (Phi) is 7.90. The first kappa shape index (κ1) is 21.0. The molecule has 1 aromatic carbocycles. The second-order valence-electron chi connectivity index (χ2n) is 6.01. The highest BCUT2D eigenvalue weighted by Crippen LogP contribution is 2.26. The smallest absolute Gasteiger partial charge is 0.341 e. The first-order valence-corrected chi connectivity index (χ1v) is 8.65. The van der Waals surface area contributed by atoms with Crippen molar-refractivity contribution < 1.29 is 23.8 Å². The third-order valence-electron chi connectivity index (χ3n) is 4.24. The zero-order chi connectivity index (χ0) is 19.0. The van der Waals surface area contributed by atoms with Gasteiger partial charge in [-0.15, -0.1) is 0 Å². The van der Waals surface area contributed by atoms with Crippen molar-refractivity contribution in [3.8, 4) is 5.75 Å². The van der Waals surface area contributed by atoms with E-state index in [4.69, 9.17) is 14.2 Å². The molecule has 0 fully saturated rings. The lowest BCUT2D eigenvalue weighted by molar-refractivity contribution is -0.136. The molecule has 1 amide bonds. The van der Waals surface area contributed by atoms with E-state index >= 15 is 0 Å². The number of carbonyl (C=O) groups excluding carboxylic acids is 2. The Balaban J connectivity index is 3.12. The Hall–Kier alpha value is -2.08. The Bertz CT molecular complexity index is 595. The van der Waals surface area contributed by atoms with Gasteiger partial charge in [-0.05, 0) is 51.8 Å². The Morgan fingerprint density at radius 3 is 2.44 bits per heavy atom. The Labute approximate surface area is 149 Å². The maximum absolute atomic E-state index is 12.4. The topological polar surface area (TPSA) is 73.9 Å². The first-order chi connectivity index (χ1) is 11.8. The quantitative estimate of drug-likeness (QED) is 0.685. The number of rotatable bonds is 9. The van der Waals surface area contributed by atoms with Gasteiger partial charge in [0, 0.05) is 12.8 Å². The lowest BCUT2D eigenvalue weighted by atomic mass is 10.0. The third-order valence-corrected chi connectivity index (χ3v) is 4.24. The van der Waals surface area contributed by atoms with Gasteiger partial charge in [0.25, 0.3) is 5.91 Å². The standard InChI is InChI=1S/C19H29NO5/c1-7-13(4)25-16-11-10-14(12-15(16)17(21)24-9-3)20-18(22)19(5,8-2)23-6/h10-13H,7-9H2,1-6H3,(H,20,22)/t13-,19+/m0/s1. The minimum Gasteiger partial charge on any atom is -0.490 e. The second kappa shape index (κ2) is 9.42. The number of methoxy groups -OCH3 is 1. The summed E-state index contributed by atoms with van der Waals surface area (Å²) < 4.78 is 16.2. The number of amides is 1. The van der Waals surface area contributed by atoms with E-state index in [2.05, 4.69) is 5.32 Å². The number of esters is 1. The lowest BCUT2D eigenvalue weighted by Crippen LogP contribution is -2.41. The highest BCUT2D eigenvalue weighted by atomic mass is 16.5. The molecule has 1 aromatic rings. The fourth-order valence-corrected chi connectivity index (χ4v) is 2.04. The zero-order valence-corrected chi connectivity index (χ0v) is 16.0. The fraction of sp³-hybridized carbons (Fsp3) is 0.579. The predicted octanol–water partition coefficient (Wildman–Crippen LogP) is 3.79. The molecular formula is C19H29NO5. The van der Waals surface area contributed by atoms with Crippen LogP contribution >= 0.6 is 0 Å². The molecule has 6 heteroatoms. The number of carbonyl (C=O) groups is 2. The van der Waals surface area contributed by atoms with Gasteiger partial charge in [0.2, 0.25) is 0 Å². The van der Waals surface area contributed by atoms with E-state index in [1.165, 1.54) is 7.11 Å². The average Bonchev–Trinajstić information content (AvgIpc) is 2.62. The maximum atomic E-state index is 12.4. The summed E-state index contributed by atoms with van der Waals surface area (Å²) in [6.45, 7) is 9.51. The van der Waals surface area contributed by atoms with Gasteiger partial charge in [0.05, 0.1) is 12.7 Å². The van der Waals surface area contributed by atoms with Crippen LogP contribution in [-0.4, -0.2) is 37.3 Å². The minimum atomic E-state index is -0.935. The Morgan fingerprint density at radius 1 is 1.24 bits per heavy atom. The van der Waals surface area contributed by atoms with Crippen LogP contribution in [0.25, 0.3) is 0 Å². The van der Waals surface area contributed by atoms with Crippen LogP contribution in [0.5, 0.6) is 5.75 Å². The molecule has 0 aliphatic heterocycles. The molecule has 0 radical (unpaired) electrons. The maximum Gasteiger partial charge on any atom is 0.341 e. The van der Waals surface area contributed by atoms with Crippen molar-refractivity contribution in [1.82, 2.24) is 0 Å². The summed E-state index contributed by atoms with van der Waals surface area (Å²) in [5.74, 6) is -0.319. The van der Waals surface area contributed by atoms with Crippen LogP contribution in [0.2, 0.25) is 0 Å². The molecule has 0 aliphatic rings. The number of hydrogen-bond acceptors (Lipinski definition) is 5. The van der Waals surface area contributed by atoms with Crippen molar-refractivity contribution in [2.75, 3.05) is 19.0 Å². The molecule has 25 heavy (non-hydrogen) atoms. The monoisotopic (exact) mass is 351 g/mol. The molecule has 0 saturated heterocycles. The molecule has 0 aromatic heterocycles. The second-order valence-corrected chi connectivity index (χ2v) is 6.01. The summed E-state index contributed by atoms with van der Waals surface area (Å²) >= 11 is 0. The first-order valence-electron chi connectivity index (χ1n) is 8.65. The number of anilines is 1. The normalized spacial score (nSPS) is 14.3. The molecule has 1 N–H and O–H groups in total. The molecular weight excluding hydrogens is 322 g/mol. The molecule has 0 saturated carbocycles. The van der Waals surface area contributed by atoms with E-state index in [0.29, 0.717) is 17.9 Å². The van der Waals surface area contributed by atoms with Crippen molar-refractivity contribution in [1.29, 1.82) is 0 Å². The molecule has 2 atom stereocenters. The lowest BCUT2D eigenvalue weighted by Gasteiger charge is -2.25. The van der Waals surface area contributed by atoms with Crippen LogP contribution in [0, 0.1) is 0 Å². The average molecular weight is 351 g/mol. The highest BCUT2D eigenvalue weighted by molar-refractivity contribution is 5.99. The van der Waals surface area contributed by atoms with Gasteiger partial charge in [-0.3, -0.25) is 4.79 Å². The van der Waals surface area contributed by atoms with E-state index in [0.717, 1.165) is 6.42 Å². The number of ether oxygens (including phenoxy) is 3. The van der Waals surface area contributed by atoms with Gasteiger partial charge in [0.1, 0.15) is 16.9 Å². The van der Waals surface area contributed by atoms with Gasteiger partial charge in [0.15, 0.2) is 0 Å². The molecule has 140 valence electrons. The van der Waals surface area contributed by atoms with Crippen LogP contribution in [0.15, 0.2) is 18.2 Å². The van der Waals surface area contributed by atoms with E-state index in [1.807, 2.05) is 20.8 Å². The zero-order valence-electron chi connectivity index (χ0n) is 16.0. The molecule has 0 spiro atoms. The molecule has 0 unspecified atom stereocenters. The van der Waals surface area contributed by atoms with Gasteiger partial charge >= 0.3 is 5.97 Å². The highest BCUT2D eigenvalue weighted by Gasteiger charge is 2.31. The van der Waals surface area contributed by atoms with Crippen molar-refractivity contribution in [3.05, 3.63) is 23.8 Å². The largest absolute Gasteiger partial charge is 0.490 e. The summed E-state index contributed by atoms with van der Waals surface area (Å²) in [6.07, 6.45) is 1.30. The number of benzene rings is 1. The molecule has 0 bridgehead atoms. The molecule has 1 rings (SSSR count). The van der Waals surface area contributed by atoms with Crippen molar-refractivity contribution in [2.24, 2.45) is 0 Å². The van der Waals surface area contributed by atoms with Gasteiger partial charge in [-0.2, -0.15) is 0 Å². The predicted molar refractivity (Wildman–Crippen MR) is 97.1 cm³/mol. The molecule has 0 heterocycles. The third kappa shape index (κ3) is 5.46. The number of nitrogens with one attached hydrogen (secondary N) is 1.